The second-order valence-corrected chi connectivity index (χ2v) is 6.87. The Morgan fingerprint density at radius 1 is 1.30 bits per heavy atom. The lowest BCUT2D eigenvalue weighted by Crippen LogP contribution is -2.36. The van der Waals surface area contributed by atoms with Gasteiger partial charge in [0.1, 0.15) is 17.6 Å². The Balaban J connectivity index is 1.85. The number of methoxy groups -OCH3 is 1. The van der Waals surface area contributed by atoms with Crippen molar-refractivity contribution in [2.24, 2.45) is 0 Å². The normalized spacial score (nSPS) is 12.2. The Kier molecular flexibility index (Phi) is 5.15. The molecule has 0 aliphatic rings. The molecule has 4 aromatic heterocycles. The molecule has 154 valence electrons. The van der Waals surface area contributed by atoms with Crippen LogP contribution < -0.4 is 11.1 Å². The maximum absolute atomic E-state index is 12.8. The number of aromatic nitrogens is 5. The predicted molar refractivity (Wildman–Crippen MR) is 110 cm³/mol. The number of carbonyl (C=O) groups is 1. The minimum atomic E-state index is -0.440. The summed E-state index contributed by atoms with van der Waals surface area (Å²) in [5, 5.41) is 2.80. The topological polar surface area (TPSA) is 133 Å². The lowest BCUT2D eigenvalue weighted by Gasteiger charge is -2.15. The molecule has 1 amide bonds. The number of hydrogen-bond donors (Lipinski definition) is 2. The quantitative estimate of drug-likeness (QED) is 0.496. The van der Waals surface area contributed by atoms with E-state index in [0.717, 1.165) is 11.3 Å². The van der Waals surface area contributed by atoms with Gasteiger partial charge < -0.3 is 24.6 Å². The van der Waals surface area contributed by atoms with Crippen LogP contribution in [-0.2, 0) is 4.74 Å². The molecule has 30 heavy (non-hydrogen) atoms. The third kappa shape index (κ3) is 3.60. The van der Waals surface area contributed by atoms with Gasteiger partial charge in [0, 0.05) is 36.8 Å². The Labute approximate surface area is 172 Å². The Morgan fingerprint density at radius 3 is 2.87 bits per heavy atom. The fourth-order valence-corrected chi connectivity index (χ4v) is 3.13. The minimum Gasteiger partial charge on any atom is -0.443 e. The number of amides is 1. The van der Waals surface area contributed by atoms with E-state index in [4.69, 9.17) is 14.9 Å². The summed E-state index contributed by atoms with van der Waals surface area (Å²) in [5.74, 6) is -0.204. The highest BCUT2D eigenvalue weighted by Gasteiger charge is 2.23. The van der Waals surface area contributed by atoms with Gasteiger partial charge in [-0.1, -0.05) is 0 Å². The molecule has 0 aliphatic carbocycles. The standard InChI is InChI=1S/C20H21N7O3/c1-11(10-29-3)24-19(28)17-18(21)26-16(20-22-6-7-30-20)15(25-17)13-4-5-14-23-8-12(2)27(14)9-13/h4-9,11H,10H2,1-3H3,(H2,21,26)(H,24,28)/t11-/m1/s1. The van der Waals surface area contributed by atoms with Crippen molar-refractivity contribution in [3.05, 3.63) is 48.4 Å². The van der Waals surface area contributed by atoms with Crippen molar-refractivity contribution >= 4 is 17.4 Å². The smallest absolute Gasteiger partial charge is 0.274 e. The van der Waals surface area contributed by atoms with Crippen LogP contribution in [0.5, 0.6) is 0 Å². The molecule has 0 aliphatic heterocycles. The first-order chi connectivity index (χ1) is 14.5. The highest BCUT2D eigenvalue weighted by Crippen LogP contribution is 2.30. The molecule has 0 saturated carbocycles. The third-order valence-electron chi connectivity index (χ3n) is 4.53. The van der Waals surface area contributed by atoms with Crippen molar-refractivity contribution in [2.45, 2.75) is 19.9 Å². The molecule has 0 radical (unpaired) electrons. The average molecular weight is 407 g/mol. The monoisotopic (exact) mass is 407 g/mol. The molecule has 10 heteroatoms. The van der Waals surface area contributed by atoms with Crippen molar-refractivity contribution in [2.75, 3.05) is 19.5 Å². The van der Waals surface area contributed by atoms with E-state index in [2.05, 4.69) is 25.3 Å². The van der Waals surface area contributed by atoms with E-state index in [9.17, 15) is 4.79 Å². The van der Waals surface area contributed by atoms with Gasteiger partial charge in [-0.15, -0.1) is 0 Å². The number of pyridine rings is 1. The van der Waals surface area contributed by atoms with Crippen LogP contribution in [0.4, 0.5) is 5.82 Å². The Morgan fingerprint density at radius 2 is 2.13 bits per heavy atom. The van der Waals surface area contributed by atoms with Gasteiger partial charge in [-0.3, -0.25) is 4.79 Å². The van der Waals surface area contributed by atoms with E-state index < -0.39 is 5.91 Å². The number of nitrogens with zero attached hydrogens (tertiary/aromatic N) is 5. The molecule has 0 saturated heterocycles. The van der Waals surface area contributed by atoms with E-state index >= 15 is 0 Å². The Bertz CT molecular complexity index is 1200. The number of hydrogen-bond acceptors (Lipinski definition) is 8. The van der Waals surface area contributed by atoms with E-state index in [1.807, 2.05) is 36.6 Å². The molecule has 4 rings (SSSR count). The van der Waals surface area contributed by atoms with Crippen LogP contribution in [-0.4, -0.2) is 50.0 Å². The number of nitrogen functional groups attached to an aromatic ring is 1. The number of nitrogens with two attached hydrogens (primary N) is 1. The van der Waals surface area contributed by atoms with Crippen molar-refractivity contribution in [3.63, 3.8) is 0 Å². The predicted octanol–water partition coefficient (Wildman–Crippen LogP) is 2.10. The zero-order chi connectivity index (χ0) is 21.3. The molecular weight excluding hydrogens is 386 g/mol. The molecular formula is C20H21N7O3. The first kappa shape index (κ1) is 19.5. The second kappa shape index (κ2) is 7.91. The van der Waals surface area contributed by atoms with Crippen LogP contribution in [0.3, 0.4) is 0 Å². The number of ether oxygens (including phenoxy) is 1. The summed E-state index contributed by atoms with van der Waals surface area (Å²) >= 11 is 0. The summed E-state index contributed by atoms with van der Waals surface area (Å²) < 4.78 is 12.4. The zero-order valence-corrected chi connectivity index (χ0v) is 16.8. The largest absolute Gasteiger partial charge is 0.443 e. The number of oxazole rings is 1. The molecule has 0 spiro atoms. The summed E-state index contributed by atoms with van der Waals surface area (Å²) in [6, 6.07) is 3.49. The number of aryl methyl sites for hydroxylation is 1. The van der Waals surface area contributed by atoms with Gasteiger partial charge in [0.25, 0.3) is 5.91 Å². The van der Waals surface area contributed by atoms with Gasteiger partial charge in [0.05, 0.1) is 12.8 Å². The number of carbonyl (C=O) groups excluding carboxylic acids is 1. The number of fused-ring (bicyclic) bond motifs is 1. The lowest BCUT2D eigenvalue weighted by atomic mass is 10.1. The molecule has 0 fully saturated rings. The molecule has 0 bridgehead atoms. The van der Waals surface area contributed by atoms with Gasteiger partial charge in [0.15, 0.2) is 17.2 Å². The summed E-state index contributed by atoms with van der Waals surface area (Å²) in [6.45, 7) is 4.13. The molecule has 3 N–H and O–H groups in total. The molecule has 0 unspecified atom stereocenters. The van der Waals surface area contributed by atoms with Crippen LogP contribution in [0.1, 0.15) is 23.1 Å². The van der Waals surface area contributed by atoms with Gasteiger partial charge in [0.2, 0.25) is 5.89 Å². The van der Waals surface area contributed by atoms with Crippen molar-refractivity contribution < 1.29 is 13.9 Å². The van der Waals surface area contributed by atoms with E-state index in [-0.39, 0.29) is 23.4 Å². The summed E-state index contributed by atoms with van der Waals surface area (Å²) in [6.07, 6.45) is 6.60. The number of anilines is 1. The first-order valence-electron chi connectivity index (χ1n) is 9.29. The molecule has 10 nitrogen and oxygen atoms in total. The SMILES string of the molecule is COC[C@@H](C)NC(=O)c1nc(-c2ccc3ncc(C)n3c2)c(-c2ncco2)nc1N. The average Bonchev–Trinajstić information content (AvgIpc) is 3.38. The highest BCUT2D eigenvalue weighted by molar-refractivity contribution is 5.98. The second-order valence-electron chi connectivity index (χ2n) is 6.87. The third-order valence-corrected chi connectivity index (χ3v) is 4.53. The number of imidazole rings is 1. The molecule has 4 heterocycles. The van der Waals surface area contributed by atoms with Crippen LogP contribution >= 0.6 is 0 Å². The van der Waals surface area contributed by atoms with Gasteiger partial charge >= 0.3 is 0 Å². The molecule has 1 atom stereocenters. The van der Waals surface area contributed by atoms with Crippen LogP contribution in [0.15, 0.2) is 41.4 Å². The zero-order valence-electron chi connectivity index (χ0n) is 16.8. The van der Waals surface area contributed by atoms with Crippen molar-refractivity contribution in [1.29, 1.82) is 0 Å². The number of nitrogens with one attached hydrogen (secondary N) is 1. The summed E-state index contributed by atoms with van der Waals surface area (Å²) in [4.78, 5) is 30.2. The number of rotatable bonds is 6. The van der Waals surface area contributed by atoms with Gasteiger partial charge in [-0.2, -0.15) is 0 Å². The fraction of sp³-hybridized carbons (Fsp3) is 0.250. The van der Waals surface area contributed by atoms with Crippen LogP contribution in [0.25, 0.3) is 28.5 Å². The maximum Gasteiger partial charge on any atom is 0.274 e. The maximum atomic E-state index is 12.8. The molecule has 0 aromatic carbocycles. The van der Waals surface area contributed by atoms with Crippen LogP contribution in [0, 0.1) is 6.92 Å². The van der Waals surface area contributed by atoms with Gasteiger partial charge in [-0.25, -0.2) is 19.9 Å². The minimum absolute atomic E-state index is 0.0192. The van der Waals surface area contributed by atoms with Gasteiger partial charge in [-0.05, 0) is 26.0 Å². The van der Waals surface area contributed by atoms with E-state index in [1.165, 1.54) is 12.5 Å². The lowest BCUT2D eigenvalue weighted by molar-refractivity contribution is 0.0901. The van der Waals surface area contributed by atoms with Crippen molar-refractivity contribution in [3.8, 4) is 22.8 Å². The highest BCUT2D eigenvalue weighted by atomic mass is 16.5. The Hall–Kier alpha value is -3.79. The van der Waals surface area contributed by atoms with Crippen LogP contribution in [0.2, 0.25) is 0 Å². The van der Waals surface area contributed by atoms with Crippen molar-refractivity contribution in [1.82, 2.24) is 29.7 Å². The van der Waals surface area contributed by atoms with E-state index in [1.54, 1.807) is 13.3 Å². The first-order valence-corrected chi connectivity index (χ1v) is 9.29. The summed E-state index contributed by atoms with van der Waals surface area (Å²) in [7, 11) is 1.56. The van der Waals surface area contributed by atoms with E-state index in [0.29, 0.717) is 23.6 Å². The molecule has 4 aromatic rings. The summed E-state index contributed by atoms with van der Waals surface area (Å²) in [5.41, 5.74) is 9.32. The fourth-order valence-electron chi connectivity index (χ4n) is 3.13.